The molecular weight excluding hydrogens is 350 g/mol. The number of urea groups is 1. The SMILES string of the molecule is CN(C)C(CNC(=O)Nc1c(F)cccc1F)c1cn(C)c2ccccc12. The van der Waals surface area contributed by atoms with Crippen molar-refractivity contribution >= 4 is 22.6 Å². The predicted octanol–water partition coefficient (Wildman–Crippen LogP) is 3.88. The van der Waals surface area contributed by atoms with E-state index >= 15 is 0 Å². The fourth-order valence-electron chi connectivity index (χ4n) is 3.17. The monoisotopic (exact) mass is 372 g/mol. The number of hydrogen-bond acceptors (Lipinski definition) is 2. The van der Waals surface area contributed by atoms with Crippen molar-refractivity contribution in [2.75, 3.05) is 26.0 Å². The van der Waals surface area contributed by atoms with Crippen LogP contribution in [0, 0.1) is 11.6 Å². The van der Waals surface area contributed by atoms with Crippen molar-refractivity contribution in [2.24, 2.45) is 7.05 Å². The molecule has 0 saturated carbocycles. The zero-order valence-corrected chi connectivity index (χ0v) is 15.5. The molecule has 2 aromatic carbocycles. The zero-order valence-electron chi connectivity index (χ0n) is 15.5. The van der Waals surface area contributed by atoms with Crippen molar-refractivity contribution in [3.05, 3.63) is 65.9 Å². The van der Waals surface area contributed by atoms with Gasteiger partial charge in [-0.1, -0.05) is 24.3 Å². The van der Waals surface area contributed by atoms with Gasteiger partial charge < -0.3 is 20.1 Å². The van der Waals surface area contributed by atoms with E-state index in [-0.39, 0.29) is 12.6 Å². The number of aryl methyl sites for hydroxylation is 1. The molecule has 0 aliphatic carbocycles. The van der Waals surface area contributed by atoms with Crippen molar-refractivity contribution in [3.8, 4) is 0 Å². The Morgan fingerprint density at radius 3 is 2.44 bits per heavy atom. The fourth-order valence-corrected chi connectivity index (χ4v) is 3.17. The van der Waals surface area contributed by atoms with Gasteiger partial charge in [-0.15, -0.1) is 0 Å². The Morgan fingerprint density at radius 2 is 1.78 bits per heavy atom. The first-order valence-corrected chi connectivity index (χ1v) is 8.57. The van der Waals surface area contributed by atoms with Crippen molar-refractivity contribution in [1.82, 2.24) is 14.8 Å². The van der Waals surface area contributed by atoms with Crippen LogP contribution in [0.25, 0.3) is 10.9 Å². The van der Waals surface area contributed by atoms with E-state index in [1.54, 1.807) is 0 Å². The fraction of sp³-hybridized carbons (Fsp3) is 0.250. The van der Waals surface area contributed by atoms with Crippen molar-refractivity contribution in [2.45, 2.75) is 6.04 Å². The van der Waals surface area contributed by atoms with Crippen LogP contribution in [0.2, 0.25) is 0 Å². The highest BCUT2D eigenvalue weighted by Gasteiger charge is 2.20. The number of aromatic nitrogens is 1. The molecule has 0 radical (unpaired) electrons. The molecule has 2 amide bonds. The van der Waals surface area contributed by atoms with Crippen LogP contribution in [0.4, 0.5) is 19.3 Å². The lowest BCUT2D eigenvalue weighted by atomic mass is 10.0. The number of likely N-dealkylation sites (N-methyl/N-ethyl adjacent to an activating group) is 1. The lowest BCUT2D eigenvalue weighted by Crippen LogP contribution is -2.37. The summed E-state index contributed by atoms with van der Waals surface area (Å²) in [5.41, 5.74) is 1.70. The molecular formula is C20H22F2N4O. The molecule has 0 spiro atoms. The Bertz CT molecular complexity index is 948. The molecule has 0 saturated heterocycles. The highest BCUT2D eigenvalue weighted by atomic mass is 19.1. The van der Waals surface area contributed by atoms with E-state index in [0.717, 1.165) is 28.6 Å². The smallest absolute Gasteiger partial charge is 0.319 e. The van der Waals surface area contributed by atoms with Gasteiger partial charge in [0.2, 0.25) is 0 Å². The predicted molar refractivity (Wildman–Crippen MR) is 103 cm³/mol. The van der Waals surface area contributed by atoms with Crippen LogP contribution in [0.5, 0.6) is 0 Å². The first-order valence-electron chi connectivity index (χ1n) is 8.57. The number of anilines is 1. The van der Waals surface area contributed by atoms with Gasteiger partial charge in [-0.05, 0) is 37.9 Å². The molecule has 27 heavy (non-hydrogen) atoms. The molecule has 0 bridgehead atoms. The molecule has 1 aromatic heterocycles. The second-order valence-corrected chi connectivity index (χ2v) is 6.62. The summed E-state index contributed by atoms with van der Waals surface area (Å²) in [6, 6.07) is 10.7. The number of nitrogens with one attached hydrogen (secondary N) is 2. The zero-order chi connectivity index (χ0) is 19.6. The summed E-state index contributed by atoms with van der Waals surface area (Å²) in [5, 5.41) is 6.05. The summed E-state index contributed by atoms with van der Waals surface area (Å²) >= 11 is 0. The lowest BCUT2D eigenvalue weighted by Gasteiger charge is -2.24. The van der Waals surface area contributed by atoms with Gasteiger partial charge in [0.05, 0.1) is 6.04 Å². The Morgan fingerprint density at radius 1 is 1.11 bits per heavy atom. The van der Waals surface area contributed by atoms with Crippen LogP contribution in [-0.2, 0) is 7.05 Å². The van der Waals surface area contributed by atoms with Crippen LogP contribution in [0.15, 0.2) is 48.7 Å². The summed E-state index contributed by atoms with van der Waals surface area (Å²) in [5.74, 6) is -1.63. The number of benzene rings is 2. The molecule has 0 aliphatic heterocycles. The van der Waals surface area contributed by atoms with Gasteiger partial charge in [-0.25, -0.2) is 13.6 Å². The van der Waals surface area contributed by atoms with Crippen LogP contribution in [0.3, 0.4) is 0 Å². The van der Waals surface area contributed by atoms with Gasteiger partial charge in [0.1, 0.15) is 17.3 Å². The number of nitrogens with zero attached hydrogens (tertiary/aromatic N) is 2. The summed E-state index contributed by atoms with van der Waals surface area (Å²) in [4.78, 5) is 14.2. The average Bonchev–Trinajstić information content (AvgIpc) is 2.95. The van der Waals surface area contributed by atoms with Crippen molar-refractivity contribution in [3.63, 3.8) is 0 Å². The first-order chi connectivity index (χ1) is 12.9. The minimum absolute atomic E-state index is 0.104. The number of halogens is 2. The third kappa shape index (κ3) is 3.93. The molecule has 2 N–H and O–H groups in total. The van der Waals surface area contributed by atoms with Crippen LogP contribution < -0.4 is 10.6 Å². The normalized spacial score (nSPS) is 12.4. The van der Waals surface area contributed by atoms with E-state index in [4.69, 9.17) is 0 Å². The summed E-state index contributed by atoms with van der Waals surface area (Å²) in [6.07, 6.45) is 2.03. The third-order valence-corrected chi connectivity index (χ3v) is 4.57. The van der Waals surface area contributed by atoms with E-state index in [9.17, 15) is 13.6 Å². The Kier molecular flexibility index (Phi) is 5.41. The quantitative estimate of drug-likeness (QED) is 0.714. The number of carbonyl (C=O) groups is 1. The third-order valence-electron chi connectivity index (χ3n) is 4.57. The minimum Gasteiger partial charge on any atom is -0.350 e. The number of para-hydroxylation sites is 2. The minimum atomic E-state index is -0.816. The maximum atomic E-state index is 13.7. The first kappa shape index (κ1) is 18.8. The second kappa shape index (κ2) is 7.75. The van der Waals surface area contributed by atoms with Gasteiger partial charge in [0.15, 0.2) is 0 Å². The van der Waals surface area contributed by atoms with E-state index in [1.807, 2.05) is 61.1 Å². The molecule has 0 fully saturated rings. The second-order valence-electron chi connectivity index (χ2n) is 6.62. The van der Waals surface area contributed by atoms with Gasteiger partial charge >= 0.3 is 6.03 Å². The number of carbonyl (C=O) groups excluding carboxylic acids is 1. The highest BCUT2D eigenvalue weighted by molar-refractivity contribution is 5.89. The lowest BCUT2D eigenvalue weighted by molar-refractivity contribution is 0.243. The highest BCUT2D eigenvalue weighted by Crippen LogP contribution is 2.28. The van der Waals surface area contributed by atoms with E-state index in [0.29, 0.717) is 0 Å². The van der Waals surface area contributed by atoms with Crippen molar-refractivity contribution in [1.29, 1.82) is 0 Å². The molecule has 1 unspecified atom stereocenters. The van der Waals surface area contributed by atoms with Gasteiger partial charge in [-0.2, -0.15) is 0 Å². The number of fused-ring (bicyclic) bond motifs is 1. The van der Waals surface area contributed by atoms with Crippen LogP contribution in [-0.4, -0.2) is 36.1 Å². The van der Waals surface area contributed by atoms with E-state index in [1.165, 1.54) is 6.07 Å². The molecule has 0 aliphatic rings. The molecule has 3 aromatic rings. The van der Waals surface area contributed by atoms with Gasteiger partial charge in [0, 0.05) is 30.7 Å². The largest absolute Gasteiger partial charge is 0.350 e. The van der Waals surface area contributed by atoms with Crippen molar-refractivity contribution < 1.29 is 13.6 Å². The maximum absolute atomic E-state index is 13.7. The molecule has 142 valence electrons. The average molecular weight is 372 g/mol. The topological polar surface area (TPSA) is 49.3 Å². The van der Waals surface area contributed by atoms with E-state index < -0.39 is 23.4 Å². The van der Waals surface area contributed by atoms with Crippen LogP contribution >= 0.6 is 0 Å². The Hall–Kier alpha value is -2.93. The molecule has 7 heteroatoms. The molecule has 3 rings (SSSR count). The summed E-state index contributed by atoms with van der Waals surface area (Å²) < 4.78 is 29.4. The molecule has 1 atom stereocenters. The number of rotatable bonds is 5. The van der Waals surface area contributed by atoms with Gasteiger partial charge in [0.25, 0.3) is 0 Å². The maximum Gasteiger partial charge on any atom is 0.319 e. The summed E-state index contributed by atoms with van der Waals surface area (Å²) in [7, 11) is 5.81. The molecule has 1 heterocycles. The number of hydrogen-bond donors (Lipinski definition) is 2. The van der Waals surface area contributed by atoms with Gasteiger partial charge in [-0.3, -0.25) is 0 Å². The Labute approximate surface area is 156 Å². The number of amides is 2. The summed E-state index contributed by atoms with van der Waals surface area (Å²) in [6.45, 7) is 0.281. The van der Waals surface area contributed by atoms with Crippen LogP contribution in [0.1, 0.15) is 11.6 Å². The Balaban J connectivity index is 1.76. The standard InChI is InChI=1S/C20H22F2N4O/c1-25(2)18(14-12-26(3)17-10-5-4-7-13(14)17)11-23-20(27)24-19-15(21)8-6-9-16(19)22/h4-10,12,18H,11H2,1-3H3,(H2,23,24,27). The molecule has 5 nitrogen and oxygen atoms in total. The van der Waals surface area contributed by atoms with E-state index in [2.05, 4.69) is 10.6 Å².